The van der Waals surface area contributed by atoms with Crippen molar-refractivity contribution in [3.05, 3.63) is 100 Å². The molecule has 10 heteroatoms. The van der Waals surface area contributed by atoms with Crippen LogP contribution in [0.2, 0.25) is 5.02 Å². The quantitative estimate of drug-likeness (QED) is 0.476. The van der Waals surface area contributed by atoms with Crippen molar-refractivity contribution in [2.24, 2.45) is 0 Å². The number of carbonyl (C=O) groups is 2. The number of hydrogen-bond donors (Lipinski definition) is 2. The molecule has 0 unspecified atom stereocenters. The predicted molar refractivity (Wildman–Crippen MR) is 133 cm³/mol. The Morgan fingerprint density at radius 1 is 1.17 bits per heavy atom. The molecule has 8 nitrogen and oxygen atoms in total. The molecule has 4 rings (SSSR count). The number of carboxylic acids is 1. The number of anilines is 2. The molecule has 0 fully saturated rings. The number of nitrogens with zero attached hydrogens (tertiary/aromatic N) is 2. The highest BCUT2D eigenvalue weighted by atomic mass is 35.5. The SMILES string of the molecule is CNc1ccc(C#N)cc1C(=O)O.O=Cc1cccc(S(=O)(=O)N2C=CCc3cc(Cl)ccc32)c1. The first-order chi connectivity index (χ1) is 16.7. The predicted octanol–water partition coefficient (Wildman–Crippen LogP) is 4.72. The van der Waals surface area contributed by atoms with E-state index in [2.05, 4.69) is 5.32 Å². The van der Waals surface area contributed by atoms with E-state index in [1.165, 1.54) is 28.7 Å². The number of hydrogen-bond acceptors (Lipinski definition) is 6. The van der Waals surface area contributed by atoms with E-state index >= 15 is 0 Å². The summed E-state index contributed by atoms with van der Waals surface area (Å²) in [4.78, 5) is 21.6. The third kappa shape index (κ3) is 5.69. The minimum absolute atomic E-state index is 0.0737. The van der Waals surface area contributed by atoms with Gasteiger partial charge in [-0.25, -0.2) is 17.5 Å². The molecule has 35 heavy (non-hydrogen) atoms. The smallest absolute Gasteiger partial charge is 0.337 e. The maximum atomic E-state index is 12.8. The minimum atomic E-state index is -3.78. The number of fused-ring (bicyclic) bond motifs is 1. The number of allylic oxidation sites excluding steroid dienone is 1. The number of halogens is 1. The van der Waals surface area contributed by atoms with Crippen molar-refractivity contribution in [3.8, 4) is 6.07 Å². The maximum absolute atomic E-state index is 12.8. The molecule has 0 saturated carbocycles. The molecule has 0 bridgehead atoms. The van der Waals surface area contributed by atoms with Gasteiger partial charge in [0.2, 0.25) is 0 Å². The second kappa shape index (κ2) is 10.9. The van der Waals surface area contributed by atoms with Gasteiger partial charge in [-0.2, -0.15) is 5.26 Å². The lowest BCUT2D eigenvalue weighted by Crippen LogP contribution is -2.28. The van der Waals surface area contributed by atoms with E-state index in [1.54, 1.807) is 55.6 Å². The Kier molecular flexibility index (Phi) is 7.91. The lowest BCUT2D eigenvalue weighted by molar-refractivity contribution is 0.0697. The summed E-state index contributed by atoms with van der Waals surface area (Å²) in [6, 6.07) is 17.4. The van der Waals surface area contributed by atoms with Crippen molar-refractivity contribution in [1.82, 2.24) is 0 Å². The van der Waals surface area contributed by atoms with Crippen LogP contribution in [0.3, 0.4) is 0 Å². The number of nitriles is 1. The second-order valence-electron chi connectivity index (χ2n) is 7.28. The van der Waals surface area contributed by atoms with Gasteiger partial charge >= 0.3 is 5.97 Å². The number of carbonyl (C=O) groups excluding carboxylic acids is 1. The third-order valence-corrected chi connectivity index (χ3v) is 6.98. The Morgan fingerprint density at radius 3 is 2.60 bits per heavy atom. The number of aldehydes is 1. The van der Waals surface area contributed by atoms with Gasteiger partial charge in [0.15, 0.2) is 0 Å². The summed E-state index contributed by atoms with van der Waals surface area (Å²) in [5.74, 6) is -1.04. The van der Waals surface area contributed by atoms with E-state index in [9.17, 15) is 18.0 Å². The normalized spacial score (nSPS) is 12.0. The van der Waals surface area contributed by atoms with Crippen molar-refractivity contribution in [2.75, 3.05) is 16.7 Å². The van der Waals surface area contributed by atoms with Crippen LogP contribution >= 0.6 is 11.6 Å². The number of rotatable bonds is 5. The largest absolute Gasteiger partial charge is 0.478 e. The molecular formula is C25H20ClN3O5S. The van der Waals surface area contributed by atoms with Crippen molar-refractivity contribution in [2.45, 2.75) is 11.3 Å². The summed E-state index contributed by atoms with van der Waals surface area (Å²) in [7, 11) is -2.14. The monoisotopic (exact) mass is 509 g/mol. The molecule has 1 heterocycles. The number of benzene rings is 3. The van der Waals surface area contributed by atoms with Crippen LogP contribution in [0.4, 0.5) is 11.4 Å². The Bertz CT molecular complexity index is 1460. The van der Waals surface area contributed by atoms with E-state index in [4.69, 9.17) is 22.0 Å². The van der Waals surface area contributed by atoms with Gasteiger partial charge in [0.1, 0.15) is 6.29 Å². The Hall–Kier alpha value is -4.13. The molecule has 2 N–H and O–H groups in total. The summed E-state index contributed by atoms with van der Waals surface area (Å²) in [6.45, 7) is 0. The number of nitrogens with one attached hydrogen (secondary N) is 1. The van der Waals surface area contributed by atoms with Gasteiger partial charge in [-0.15, -0.1) is 0 Å². The molecule has 3 aromatic carbocycles. The number of aromatic carboxylic acids is 1. The fourth-order valence-corrected chi connectivity index (χ4v) is 5.01. The molecular weight excluding hydrogens is 490 g/mol. The minimum Gasteiger partial charge on any atom is -0.478 e. The van der Waals surface area contributed by atoms with Gasteiger partial charge in [0, 0.05) is 29.5 Å². The Balaban J connectivity index is 0.000000225. The molecule has 0 amide bonds. The zero-order chi connectivity index (χ0) is 25.6. The van der Waals surface area contributed by atoms with Crippen molar-refractivity contribution < 1.29 is 23.1 Å². The van der Waals surface area contributed by atoms with Crippen LogP contribution in [0, 0.1) is 11.3 Å². The van der Waals surface area contributed by atoms with Crippen molar-refractivity contribution >= 4 is 45.3 Å². The molecule has 178 valence electrons. The van der Waals surface area contributed by atoms with Gasteiger partial charge in [-0.1, -0.05) is 29.8 Å². The van der Waals surface area contributed by atoms with Crippen LogP contribution < -0.4 is 9.62 Å². The Labute approximate surface area is 207 Å². The standard InChI is InChI=1S/C16H12ClNO3S.C9H8N2O2/c17-14-6-7-16-13(10-14)4-2-8-18(16)22(20,21)15-5-1-3-12(9-15)11-19;1-11-8-3-2-6(5-10)4-7(8)9(12)13/h1-3,5-11H,4H2;2-4,11H,1H3,(H,12,13). The maximum Gasteiger partial charge on any atom is 0.337 e. The summed E-state index contributed by atoms with van der Waals surface area (Å²) in [5.41, 5.74) is 2.69. The fraction of sp³-hybridized carbons (Fsp3) is 0.0800. The lowest BCUT2D eigenvalue weighted by atomic mass is 10.1. The van der Waals surface area contributed by atoms with Crippen LogP contribution in [-0.2, 0) is 16.4 Å². The zero-order valence-electron chi connectivity index (χ0n) is 18.5. The van der Waals surface area contributed by atoms with E-state index in [0.29, 0.717) is 40.2 Å². The lowest BCUT2D eigenvalue weighted by Gasteiger charge is -2.26. The van der Waals surface area contributed by atoms with Gasteiger partial charge in [-0.05, 0) is 60.5 Å². The highest BCUT2D eigenvalue weighted by Gasteiger charge is 2.27. The molecule has 3 aromatic rings. The van der Waals surface area contributed by atoms with E-state index < -0.39 is 16.0 Å². The average Bonchev–Trinajstić information content (AvgIpc) is 2.88. The molecule has 1 aliphatic heterocycles. The summed E-state index contributed by atoms with van der Waals surface area (Å²) in [5, 5.41) is 20.6. The van der Waals surface area contributed by atoms with Crippen LogP contribution in [0.25, 0.3) is 0 Å². The number of carboxylic acid groups (broad SMARTS) is 1. The van der Waals surface area contributed by atoms with Gasteiger partial charge in [0.25, 0.3) is 10.0 Å². The third-order valence-electron chi connectivity index (χ3n) is 5.06. The van der Waals surface area contributed by atoms with E-state index in [1.807, 2.05) is 6.07 Å². The molecule has 1 aliphatic rings. The van der Waals surface area contributed by atoms with Crippen LogP contribution in [0.5, 0.6) is 0 Å². The van der Waals surface area contributed by atoms with Crippen molar-refractivity contribution in [3.63, 3.8) is 0 Å². The van der Waals surface area contributed by atoms with Crippen LogP contribution in [0.15, 0.2) is 77.8 Å². The highest BCUT2D eigenvalue weighted by molar-refractivity contribution is 7.93. The average molecular weight is 510 g/mol. The zero-order valence-corrected chi connectivity index (χ0v) is 20.0. The van der Waals surface area contributed by atoms with Gasteiger partial charge in [-0.3, -0.25) is 4.79 Å². The molecule has 0 aliphatic carbocycles. The fourth-order valence-electron chi connectivity index (χ4n) is 3.37. The summed E-state index contributed by atoms with van der Waals surface area (Å²) >= 11 is 5.96. The van der Waals surface area contributed by atoms with Crippen LogP contribution in [-0.4, -0.2) is 32.8 Å². The molecule has 0 radical (unpaired) electrons. The summed E-state index contributed by atoms with van der Waals surface area (Å²) in [6.07, 6.45) is 4.54. The first-order valence-electron chi connectivity index (χ1n) is 10.2. The summed E-state index contributed by atoms with van der Waals surface area (Å²) < 4.78 is 26.9. The van der Waals surface area contributed by atoms with Crippen molar-refractivity contribution in [1.29, 1.82) is 5.26 Å². The first-order valence-corrected chi connectivity index (χ1v) is 12.0. The first kappa shape index (κ1) is 25.5. The van der Waals surface area contributed by atoms with E-state index in [0.717, 1.165) is 5.56 Å². The molecule has 0 spiro atoms. The molecule has 0 saturated heterocycles. The molecule has 0 aromatic heterocycles. The Morgan fingerprint density at radius 2 is 1.94 bits per heavy atom. The second-order valence-corrected chi connectivity index (χ2v) is 9.53. The topological polar surface area (TPSA) is 128 Å². The van der Waals surface area contributed by atoms with E-state index in [-0.39, 0.29) is 10.5 Å². The number of sulfonamides is 1. The van der Waals surface area contributed by atoms with Gasteiger partial charge in [0.05, 0.1) is 27.8 Å². The van der Waals surface area contributed by atoms with Gasteiger partial charge < -0.3 is 10.4 Å². The highest BCUT2D eigenvalue weighted by Crippen LogP contribution is 2.33. The van der Waals surface area contributed by atoms with Crippen LogP contribution in [0.1, 0.15) is 31.8 Å². The molecule has 0 atom stereocenters.